The smallest absolute Gasteiger partial charge is 0.262 e. The zero-order valence-electron chi connectivity index (χ0n) is 15.0. The lowest BCUT2D eigenvalue weighted by Gasteiger charge is -2.34. The van der Waals surface area contributed by atoms with Crippen LogP contribution in [0, 0.1) is 11.3 Å². The predicted molar refractivity (Wildman–Crippen MR) is 99.2 cm³/mol. The third-order valence-corrected chi connectivity index (χ3v) is 4.17. The molecule has 0 bridgehead atoms. The summed E-state index contributed by atoms with van der Waals surface area (Å²) in [4.78, 5) is 16.7. The summed E-state index contributed by atoms with van der Waals surface area (Å²) >= 11 is 0. The van der Waals surface area contributed by atoms with Crippen molar-refractivity contribution in [2.45, 2.75) is 6.92 Å². The second-order valence-corrected chi connectivity index (χ2v) is 6.00. The highest BCUT2D eigenvalue weighted by Gasteiger charge is 2.14. The van der Waals surface area contributed by atoms with Crippen LogP contribution in [0.1, 0.15) is 12.5 Å². The predicted octanol–water partition coefficient (Wildman–Crippen LogP) is 1.50. The van der Waals surface area contributed by atoms with Gasteiger partial charge >= 0.3 is 0 Å². The SMILES string of the molecule is CCOCCNC(=O)/C(C#N)=C/c1ccc(N2CCN(C)CC2)cc1. The molecule has 1 saturated heterocycles. The van der Waals surface area contributed by atoms with Crippen molar-refractivity contribution >= 4 is 17.7 Å². The highest BCUT2D eigenvalue weighted by molar-refractivity contribution is 6.01. The van der Waals surface area contributed by atoms with Crippen molar-refractivity contribution in [2.24, 2.45) is 0 Å². The molecule has 25 heavy (non-hydrogen) atoms. The average molecular weight is 342 g/mol. The zero-order chi connectivity index (χ0) is 18.1. The highest BCUT2D eigenvalue weighted by atomic mass is 16.5. The summed E-state index contributed by atoms with van der Waals surface area (Å²) in [7, 11) is 2.13. The molecule has 1 heterocycles. The minimum atomic E-state index is -0.370. The van der Waals surface area contributed by atoms with E-state index in [1.54, 1.807) is 6.08 Å². The van der Waals surface area contributed by atoms with Crippen LogP contribution < -0.4 is 10.2 Å². The lowest BCUT2D eigenvalue weighted by molar-refractivity contribution is -0.117. The second-order valence-electron chi connectivity index (χ2n) is 6.00. The number of rotatable bonds is 7. The van der Waals surface area contributed by atoms with Gasteiger partial charge in [-0.25, -0.2) is 0 Å². The van der Waals surface area contributed by atoms with Gasteiger partial charge in [-0.15, -0.1) is 0 Å². The fourth-order valence-electron chi connectivity index (χ4n) is 2.64. The summed E-state index contributed by atoms with van der Waals surface area (Å²) in [5.41, 5.74) is 2.11. The molecule has 0 saturated carbocycles. The van der Waals surface area contributed by atoms with E-state index >= 15 is 0 Å². The van der Waals surface area contributed by atoms with Crippen LogP contribution in [0.4, 0.5) is 5.69 Å². The number of likely N-dealkylation sites (N-methyl/N-ethyl adjacent to an activating group) is 1. The van der Waals surface area contributed by atoms with Gasteiger partial charge in [-0.05, 0) is 37.7 Å². The second kappa shape index (κ2) is 9.82. The van der Waals surface area contributed by atoms with E-state index in [2.05, 4.69) is 22.2 Å². The third kappa shape index (κ3) is 5.89. The number of piperazine rings is 1. The molecular weight excluding hydrogens is 316 g/mol. The maximum Gasteiger partial charge on any atom is 0.262 e. The van der Waals surface area contributed by atoms with Gasteiger partial charge in [-0.3, -0.25) is 4.79 Å². The average Bonchev–Trinajstić information content (AvgIpc) is 2.64. The molecule has 0 unspecified atom stereocenters. The van der Waals surface area contributed by atoms with Gasteiger partial charge in [-0.2, -0.15) is 5.26 Å². The Hall–Kier alpha value is -2.36. The lowest BCUT2D eigenvalue weighted by Crippen LogP contribution is -2.44. The Bertz CT molecular complexity index is 626. The minimum Gasteiger partial charge on any atom is -0.380 e. The summed E-state index contributed by atoms with van der Waals surface area (Å²) in [6.45, 7) is 7.48. The summed E-state index contributed by atoms with van der Waals surface area (Å²) in [5, 5.41) is 11.9. The van der Waals surface area contributed by atoms with Crippen LogP contribution in [0.15, 0.2) is 29.8 Å². The number of benzene rings is 1. The summed E-state index contributed by atoms with van der Waals surface area (Å²) in [6.07, 6.45) is 1.61. The highest BCUT2D eigenvalue weighted by Crippen LogP contribution is 2.18. The number of nitrogens with zero attached hydrogens (tertiary/aromatic N) is 3. The van der Waals surface area contributed by atoms with Crippen LogP contribution >= 0.6 is 0 Å². The maximum absolute atomic E-state index is 12.0. The molecule has 0 spiro atoms. The first-order chi connectivity index (χ1) is 12.1. The van der Waals surface area contributed by atoms with Crippen molar-refractivity contribution in [3.05, 3.63) is 35.4 Å². The number of amides is 1. The Morgan fingerprint density at radius 1 is 1.28 bits per heavy atom. The molecule has 2 rings (SSSR count). The largest absolute Gasteiger partial charge is 0.380 e. The Morgan fingerprint density at radius 3 is 2.56 bits per heavy atom. The van der Waals surface area contributed by atoms with E-state index in [0.717, 1.165) is 31.7 Å². The molecule has 1 amide bonds. The quantitative estimate of drug-likeness (QED) is 0.462. The summed E-state index contributed by atoms with van der Waals surface area (Å²) in [6, 6.07) is 9.93. The summed E-state index contributed by atoms with van der Waals surface area (Å²) in [5.74, 6) is -0.370. The van der Waals surface area contributed by atoms with E-state index < -0.39 is 0 Å². The Labute approximate surface area is 149 Å². The molecule has 1 N–H and O–H groups in total. The number of hydrogen-bond donors (Lipinski definition) is 1. The van der Waals surface area contributed by atoms with Crippen LogP contribution in [0.5, 0.6) is 0 Å². The third-order valence-electron chi connectivity index (χ3n) is 4.17. The van der Waals surface area contributed by atoms with Gasteiger partial charge in [0, 0.05) is 45.0 Å². The van der Waals surface area contributed by atoms with E-state index in [9.17, 15) is 10.1 Å². The fourth-order valence-corrected chi connectivity index (χ4v) is 2.64. The maximum atomic E-state index is 12.0. The first kappa shape index (κ1) is 19.0. The van der Waals surface area contributed by atoms with Crippen molar-refractivity contribution in [2.75, 3.05) is 57.9 Å². The van der Waals surface area contributed by atoms with Crippen LogP contribution in [0.25, 0.3) is 6.08 Å². The first-order valence-corrected chi connectivity index (χ1v) is 8.65. The van der Waals surface area contributed by atoms with Crippen LogP contribution in [-0.2, 0) is 9.53 Å². The monoisotopic (exact) mass is 342 g/mol. The Kier molecular flexibility index (Phi) is 7.45. The molecule has 1 aliphatic rings. The van der Waals surface area contributed by atoms with Crippen LogP contribution in [0.3, 0.4) is 0 Å². The zero-order valence-corrected chi connectivity index (χ0v) is 15.0. The number of anilines is 1. The number of hydrogen-bond acceptors (Lipinski definition) is 5. The Morgan fingerprint density at radius 2 is 1.96 bits per heavy atom. The number of nitrogens with one attached hydrogen (secondary N) is 1. The molecule has 0 atom stereocenters. The van der Waals surface area contributed by atoms with E-state index in [1.165, 1.54) is 5.69 Å². The van der Waals surface area contributed by atoms with Crippen molar-refractivity contribution in [1.82, 2.24) is 10.2 Å². The van der Waals surface area contributed by atoms with Gasteiger partial charge in [0.15, 0.2) is 0 Å². The topological polar surface area (TPSA) is 68.6 Å². The normalized spacial score (nSPS) is 15.7. The molecule has 1 aliphatic heterocycles. The molecular formula is C19H26N4O2. The van der Waals surface area contributed by atoms with E-state index in [4.69, 9.17) is 4.74 Å². The number of ether oxygens (including phenoxy) is 1. The van der Waals surface area contributed by atoms with Crippen molar-refractivity contribution in [3.63, 3.8) is 0 Å². The lowest BCUT2D eigenvalue weighted by atomic mass is 10.1. The van der Waals surface area contributed by atoms with E-state index in [-0.39, 0.29) is 11.5 Å². The number of nitriles is 1. The van der Waals surface area contributed by atoms with Crippen LogP contribution in [0.2, 0.25) is 0 Å². The molecule has 1 fully saturated rings. The molecule has 0 aromatic heterocycles. The van der Waals surface area contributed by atoms with E-state index in [0.29, 0.717) is 19.8 Å². The fraction of sp³-hybridized carbons (Fsp3) is 0.474. The van der Waals surface area contributed by atoms with E-state index in [1.807, 2.05) is 37.3 Å². The van der Waals surface area contributed by atoms with Gasteiger partial charge in [0.25, 0.3) is 5.91 Å². The van der Waals surface area contributed by atoms with Gasteiger partial charge in [0.1, 0.15) is 11.6 Å². The van der Waals surface area contributed by atoms with Gasteiger partial charge < -0.3 is 19.9 Å². The molecule has 6 heteroatoms. The first-order valence-electron chi connectivity index (χ1n) is 8.65. The minimum absolute atomic E-state index is 0.101. The number of carbonyl (C=O) groups is 1. The van der Waals surface area contributed by atoms with Gasteiger partial charge in [0.05, 0.1) is 6.61 Å². The molecule has 6 nitrogen and oxygen atoms in total. The van der Waals surface area contributed by atoms with Crippen molar-refractivity contribution in [3.8, 4) is 6.07 Å². The molecule has 0 aliphatic carbocycles. The van der Waals surface area contributed by atoms with Crippen molar-refractivity contribution < 1.29 is 9.53 Å². The molecule has 134 valence electrons. The molecule has 0 radical (unpaired) electrons. The van der Waals surface area contributed by atoms with Gasteiger partial charge in [0.2, 0.25) is 0 Å². The van der Waals surface area contributed by atoms with Crippen LogP contribution in [-0.4, -0.2) is 63.8 Å². The molecule has 1 aromatic rings. The summed E-state index contributed by atoms with van der Waals surface area (Å²) < 4.78 is 5.17. The number of carbonyl (C=O) groups excluding carboxylic acids is 1. The Balaban J connectivity index is 1.96. The van der Waals surface area contributed by atoms with Crippen molar-refractivity contribution in [1.29, 1.82) is 5.26 Å². The van der Waals surface area contributed by atoms with Gasteiger partial charge in [-0.1, -0.05) is 12.1 Å². The standard InChI is InChI=1S/C19H26N4O2/c1-3-25-13-8-21-19(24)17(15-20)14-16-4-6-18(7-5-16)23-11-9-22(2)10-12-23/h4-7,14H,3,8-13H2,1-2H3,(H,21,24)/b17-14+. The molecule has 1 aromatic carbocycles.